The molecular weight excluding hydrogens is 236 g/mol. The molecule has 0 saturated heterocycles. The molecule has 0 aromatic heterocycles. The molecule has 0 aliphatic heterocycles. The van der Waals surface area contributed by atoms with E-state index in [0.29, 0.717) is 11.3 Å². The van der Waals surface area contributed by atoms with E-state index in [1.807, 2.05) is 0 Å². The molecule has 0 radical (unpaired) electrons. The molecule has 0 atom stereocenters. The highest BCUT2D eigenvalue weighted by atomic mass is 16.6. The zero-order valence-corrected chi connectivity index (χ0v) is 10.0. The van der Waals surface area contributed by atoms with Crippen molar-refractivity contribution >= 4 is 23.5 Å². The van der Waals surface area contributed by atoms with Gasteiger partial charge in [0.15, 0.2) is 0 Å². The number of hydrazone groups is 1. The van der Waals surface area contributed by atoms with Gasteiger partial charge in [-0.15, -0.1) is 0 Å². The standard InChI is InChI=1S/C10H14N6O2/c1-15(2)8-4-3-7(5-9(8)16(17)18)6-13-14-10(11)12/h3-6H,1-2H3,(H4,11,12,14). The van der Waals surface area contributed by atoms with E-state index in [1.54, 1.807) is 31.1 Å². The number of nitro benzene ring substituents is 1. The van der Waals surface area contributed by atoms with Crippen LogP contribution in [0.2, 0.25) is 0 Å². The third-order valence-corrected chi connectivity index (χ3v) is 2.08. The number of hydrogen-bond donors (Lipinski definition) is 3. The van der Waals surface area contributed by atoms with E-state index in [9.17, 15) is 10.1 Å². The van der Waals surface area contributed by atoms with Gasteiger partial charge in [0.25, 0.3) is 5.69 Å². The first-order valence-corrected chi connectivity index (χ1v) is 5.00. The summed E-state index contributed by atoms with van der Waals surface area (Å²) in [5, 5.41) is 21.5. The second-order valence-electron chi connectivity index (χ2n) is 3.68. The van der Waals surface area contributed by atoms with Crippen molar-refractivity contribution in [3.63, 3.8) is 0 Å². The Bertz CT molecular complexity index is 497. The molecule has 0 saturated carbocycles. The van der Waals surface area contributed by atoms with Crippen molar-refractivity contribution in [3.05, 3.63) is 33.9 Å². The van der Waals surface area contributed by atoms with Crippen LogP contribution in [-0.4, -0.2) is 31.2 Å². The van der Waals surface area contributed by atoms with Gasteiger partial charge in [-0.2, -0.15) is 5.10 Å². The average molecular weight is 250 g/mol. The quantitative estimate of drug-likeness (QED) is 0.310. The summed E-state index contributed by atoms with van der Waals surface area (Å²) >= 11 is 0. The Hall–Kier alpha value is -2.64. The van der Waals surface area contributed by atoms with Crippen LogP contribution >= 0.6 is 0 Å². The first-order valence-electron chi connectivity index (χ1n) is 5.00. The number of nitro groups is 1. The second-order valence-corrected chi connectivity index (χ2v) is 3.68. The monoisotopic (exact) mass is 250 g/mol. The molecule has 0 aliphatic rings. The molecule has 96 valence electrons. The first kappa shape index (κ1) is 13.4. The van der Waals surface area contributed by atoms with E-state index in [4.69, 9.17) is 11.1 Å². The summed E-state index contributed by atoms with van der Waals surface area (Å²) < 4.78 is 0. The molecule has 1 aromatic carbocycles. The lowest BCUT2D eigenvalue weighted by atomic mass is 10.2. The number of hydrogen-bond acceptors (Lipinski definition) is 5. The van der Waals surface area contributed by atoms with Gasteiger partial charge in [0.2, 0.25) is 5.96 Å². The summed E-state index contributed by atoms with van der Waals surface area (Å²) in [6, 6.07) is 4.72. The number of benzene rings is 1. The Morgan fingerprint density at radius 2 is 2.28 bits per heavy atom. The van der Waals surface area contributed by atoms with Crippen molar-refractivity contribution in [3.8, 4) is 0 Å². The summed E-state index contributed by atoms with van der Waals surface area (Å²) in [6.07, 6.45) is 1.36. The number of anilines is 1. The topological polar surface area (TPSA) is 121 Å². The Morgan fingerprint density at radius 3 is 2.78 bits per heavy atom. The Kier molecular flexibility index (Phi) is 4.19. The molecular formula is C10H14N6O2. The Balaban J connectivity index is 3.04. The molecule has 1 rings (SSSR count). The third-order valence-electron chi connectivity index (χ3n) is 2.08. The molecule has 0 spiro atoms. The van der Waals surface area contributed by atoms with Crippen LogP contribution in [0.3, 0.4) is 0 Å². The van der Waals surface area contributed by atoms with Crippen molar-refractivity contribution in [1.82, 2.24) is 5.43 Å². The van der Waals surface area contributed by atoms with Crippen molar-refractivity contribution in [2.45, 2.75) is 0 Å². The van der Waals surface area contributed by atoms with Crippen LogP contribution in [0.4, 0.5) is 11.4 Å². The molecule has 8 heteroatoms. The molecule has 8 nitrogen and oxygen atoms in total. The van der Waals surface area contributed by atoms with Crippen molar-refractivity contribution in [2.24, 2.45) is 10.8 Å². The zero-order valence-electron chi connectivity index (χ0n) is 10.0. The Labute approximate surface area is 104 Å². The van der Waals surface area contributed by atoms with Gasteiger partial charge in [0.05, 0.1) is 11.1 Å². The van der Waals surface area contributed by atoms with Crippen LogP contribution in [0.5, 0.6) is 0 Å². The minimum absolute atomic E-state index is 0.00762. The highest BCUT2D eigenvalue weighted by Gasteiger charge is 2.15. The summed E-state index contributed by atoms with van der Waals surface area (Å²) in [4.78, 5) is 12.1. The van der Waals surface area contributed by atoms with Crippen LogP contribution < -0.4 is 16.1 Å². The van der Waals surface area contributed by atoms with Gasteiger partial charge in [-0.25, -0.2) is 5.43 Å². The molecule has 0 heterocycles. The summed E-state index contributed by atoms with van der Waals surface area (Å²) in [5.41, 5.74) is 8.32. The molecule has 1 aromatic rings. The van der Waals surface area contributed by atoms with Crippen LogP contribution in [0.15, 0.2) is 23.3 Å². The van der Waals surface area contributed by atoms with E-state index in [2.05, 4.69) is 10.5 Å². The number of guanidine groups is 1. The number of rotatable bonds is 4. The van der Waals surface area contributed by atoms with E-state index >= 15 is 0 Å². The average Bonchev–Trinajstić information content (AvgIpc) is 2.28. The normalized spacial score (nSPS) is 10.3. The fraction of sp³-hybridized carbons (Fsp3) is 0.200. The molecule has 0 bridgehead atoms. The van der Waals surface area contributed by atoms with Gasteiger partial charge in [0.1, 0.15) is 5.69 Å². The van der Waals surface area contributed by atoms with Crippen molar-refractivity contribution in [1.29, 1.82) is 5.41 Å². The fourth-order valence-corrected chi connectivity index (χ4v) is 1.32. The van der Waals surface area contributed by atoms with E-state index in [-0.39, 0.29) is 11.6 Å². The second kappa shape index (κ2) is 5.62. The number of nitrogens with one attached hydrogen (secondary N) is 2. The minimum atomic E-state index is -0.453. The van der Waals surface area contributed by atoms with E-state index < -0.39 is 4.92 Å². The maximum Gasteiger partial charge on any atom is 0.293 e. The van der Waals surface area contributed by atoms with Gasteiger partial charge in [0, 0.05) is 25.7 Å². The van der Waals surface area contributed by atoms with Crippen molar-refractivity contribution < 1.29 is 4.92 Å². The highest BCUT2D eigenvalue weighted by molar-refractivity contribution is 5.84. The molecule has 0 fully saturated rings. The van der Waals surface area contributed by atoms with E-state index in [1.165, 1.54) is 12.3 Å². The van der Waals surface area contributed by atoms with Gasteiger partial charge in [-0.1, -0.05) is 6.07 Å². The lowest BCUT2D eigenvalue weighted by Crippen LogP contribution is -2.25. The molecule has 18 heavy (non-hydrogen) atoms. The summed E-state index contributed by atoms with van der Waals surface area (Å²) in [6.45, 7) is 0. The number of nitrogens with zero attached hydrogens (tertiary/aromatic N) is 3. The predicted molar refractivity (Wildman–Crippen MR) is 70.1 cm³/mol. The zero-order chi connectivity index (χ0) is 13.7. The van der Waals surface area contributed by atoms with Crippen LogP contribution in [0.1, 0.15) is 5.56 Å². The van der Waals surface area contributed by atoms with Crippen LogP contribution in [0, 0.1) is 15.5 Å². The smallest absolute Gasteiger partial charge is 0.293 e. The lowest BCUT2D eigenvalue weighted by molar-refractivity contribution is -0.384. The summed E-state index contributed by atoms with van der Waals surface area (Å²) in [5.74, 6) is -0.300. The maximum absolute atomic E-state index is 10.9. The van der Waals surface area contributed by atoms with Crippen molar-refractivity contribution in [2.75, 3.05) is 19.0 Å². The van der Waals surface area contributed by atoms with Crippen LogP contribution in [-0.2, 0) is 0 Å². The molecule has 0 amide bonds. The fourth-order valence-electron chi connectivity index (χ4n) is 1.32. The molecule has 0 aliphatic carbocycles. The van der Waals surface area contributed by atoms with Gasteiger partial charge in [-0.3, -0.25) is 15.5 Å². The first-order chi connectivity index (χ1) is 8.41. The van der Waals surface area contributed by atoms with E-state index in [0.717, 1.165) is 0 Å². The van der Waals surface area contributed by atoms with Gasteiger partial charge < -0.3 is 10.6 Å². The maximum atomic E-state index is 10.9. The lowest BCUT2D eigenvalue weighted by Gasteiger charge is -2.12. The van der Waals surface area contributed by atoms with Gasteiger partial charge >= 0.3 is 0 Å². The SMILES string of the molecule is CN(C)c1ccc(C=NNC(=N)N)cc1[N+](=O)[O-]. The molecule has 0 unspecified atom stereocenters. The summed E-state index contributed by atoms with van der Waals surface area (Å²) in [7, 11) is 3.46. The van der Waals surface area contributed by atoms with Gasteiger partial charge in [-0.05, 0) is 6.07 Å². The third kappa shape index (κ3) is 3.44. The predicted octanol–water partition coefficient (Wildman–Crippen LogP) is 0.478. The minimum Gasteiger partial charge on any atom is -0.372 e. The van der Waals surface area contributed by atoms with Crippen LogP contribution in [0.25, 0.3) is 0 Å². The Morgan fingerprint density at radius 1 is 1.61 bits per heavy atom. The largest absolute Gasteiger partial charge is 0.372 e. The molecule has 4 N–H and O–H groups in total. The highest BCUT2D eigenvalue weighted by Crippen LogP contribution is 2.26. The number of nitrogens with two attached hydrogens (primary N) is 1.